The van der Waals surface area contributed by atoms with Crippen LogP contribution in [0.25, 0.3) is 11.0 Å². The first-order valence-electron chi connectivity index (χ1n) is 6.63. The first kappa shape index (κ1) is 12.3. The molecule has 2 aromatic rings. The van der Waals surface area contributed by atoms with Crippen LogP contribution in [0, 0.1) is 0 Å². The van der Waals surface area contributed by atoms with Gasteiger partial charge in [-0.15, -0.1) is 10.2 Å². The molecule has 3 rings (SSSR count). The third kappa shape index (κ3) is 2.64. The van der Waals surface area contributed by atoms with Gasteiger partial charge < -0.3 is 10.6 Å². The molecule has 0 bridgehead atoms. The summed E-state index contributed by atoms with van der Waals surface area (Å²) in [5.74, 6) is 0.728. The lowest BCUT2D eigenvalue weighted by molar-refractivity contribution is 0.263. The van der Waals surface area contributed by atoms with Crippen molar-refractivity contribution in [3.63, 3.8) is 0 Å². The summed E-state index contributed by atoms with van der Waals surface area (Å²) in [6, 6.07) is 7.82. The van der Waals surface area contributed by atoms with E-state index in [0.717, 1.165) is 49.7 Å². The molecule has 6 heteroatoms. The molecule has 19 heavy (non-hydrogen) atoms. The van der Waals surface area contributed by atoms with E-state index in [0.29, 0.717) is 6.54 Å². The second-order valence-electron chi connectivity index (χ2n) is 4.72. The van der Waals surface area contributed by atoms with Crippen LogP contribution < -0.4 is 10.6 Å². The lowest BCUT2D eigenvalue weighted by Gasteiger charge is -2.34. The highest BCUT2D eigenvalue weighted by Gasteiger charge is 2.18. The fraction of sp³-hybridized carbons (Fsp3) is 0.462. The zero-order valence-corrected chi connectivity index (χ0v) is 10.9. The number of para-hydroxylation sites is 1. The number of nitrogens with zero attached hydrogens (tertiary/aromatic N) is 5. The van der Waals surface area contributed by atoms with Crippen molar-refractivity contribution in [3.05, 3.63) is 24.3 Å². The first-order chi connectivity index (χ1) is 9.36. The van der Waals surface area contributed by atoms with E-state index in [2.05, 4.69) is 25.0 Å². The molecular weight excluding hydrogens is 240 g/mol. The molecule has 0 unspecified atom stereocenters. The molecule has 1 aliphatic heterocycles. The highest BCUT2D eigenvalue weighted by molar-refractivity contribution is 5.74. The lowest BCUT2D eigenvalue weighted by Crippen LogP contribution is -2.48. The molecule has 0 saturated carbocycles. The molecule has 1 aromatic heterocycles. The Balaban J connectivity index is 1.74. The molecular formula is C13H18N6. The van der Waals surface area contributed by atoms with Gasteiger partial charge in [0.15, 0.2) is 0 Å². The van der Waals surface area contributed by atoms with Gasteiger partial charge in [-0.05, 0) is 12.1 Å². The van der Waals surface area contributed by atoms with Crippen molar-refractivity contribution in [1.29, 1.82) is 0 Å². The zero-order valence-electron chi connectivity index (χ0n) is 10.9. The zero-order chi connectivity index (χ0) is 13.1. The number of aromatic nitrogens is 3. The van der Waals surface area contributed by atoms with Gasteiger partial charge in [-0.25, -0.2) is 4.98 Å². The van der Waals surface area contributed by atoms with Crippen molar-refractivity contribution >= 4 is 17.0 Å². The van der Waals surface area contributed by atoms with Crippen molar-refractivity contribution in [2.75, 3.05) is 44.2 Å². The van der Waals surface area contributed by atoms with Crippen LogP contribution in [0.3, 0.4) is 0 Å². The summed E-state index contributed by atoms with van der Waals surface area (Å²) in [7, 11) is 0. The third-order valence-electron chi connectivity index (χ3n) is 3.45. The van der Waals surface area contributed by atoms with Gasteiger partial charge in [0.1, 0.15) is 5.52 Å². The third-order valence-corrected chi connectivity index (χ3v) is 3.45. The molecule has 1 aromatic carbocycles. The minimum atomic E-state index is 0.716. The number of piperazine rings is 1. The van der Waals surface area contributed by atoms with Gasteiger partial charge in [-0.1, -0.05) is 12.1 Å². The van der Waals surface area contributed by atoms with Crippen LogP contribution in [0.15, 0.2) is 24.3 Å². The fourth-order valence-corrected chi connectivity index (χ4v) is 2.36. The Morgan fingerprint density at radius 3 is 2.47 bits per heavy atom. The maximum atomic E-state index is 5.58. The second kappa shape index (κ2) is 5.46. The molecule has 1 aliphatic rings. The highest BCUT2D eigenvalue weighted by Crippen LogP contribution is 2.14. The highest BCUT2D eigenvalue weighted by atomic mass is 15.4. The molecule has 100 valence electrons. The van der Waals surface area contributed by atoms with Crippen LogP contribution in [-0.4, -0.2) is 59.3 Å². The minimum Gasteiger partial charge on any atom is -0.337 e. The van der Waals surface area contributed by atoms with Gasteiger partial charge in [0.2, 0.25) is 5.95 Å². The Hall–Kier alpha value is -1.79. The topological polar surface area (TPSA) is 71.2 Å². The summed E-state index contributed by atoms with van der Waals surface area (Å²) in [5.41, 5.74) is 7.32. The molecule has 2 N–H and O–H groups in total. The Labute approximate surface area is 112 Å². The Kier molecular flexibility index (Phi) is 3.52. The van der Waals surface area contributed by atoms with E-state index in [4.69, 9.17) is 5.73 Å². The molecule has 0 radical (unpaired) electrons. The molecule has 0 amide bonds. The van der Waals surface area contributed by atoms with Gasteiger partial charge >= 0.3 is 0 Å². The van der Waals surface area contributed by atoms with Crippen molar-refractivity contribution in [3.8, 4) is 0 Å². The fourth-order valence-electron chi connectivity index (χ4n) is 2.36. The molecule has 0 aliphatic carbocycles. The number of anilines is 1. The summed E-state index contributed by atoms with van der Waals surface area (Å²) in [6.45, 7) is 5.56. The first-order valence-corrected chi connectivity index (χ1v) is 6.63. The molecule has 1 saturated heterocycles. The van der Waals surface area contributed by atoms with E-state index in [1.165, 1.54) is 0 Å². The summed E-state index contributed by atoms with van der Waals surface area (Å²) in [6.07, 6.45) is 0. The van der Waals surface area contributed by atoms with E-state index in [1.54, 1.807) is 0 Å². The van der Waals surface area contributed by atoms with Crippen molar-refractivity contribution in [1.82, 2.24) is 20.1 Å². The van der Waals surface area contributed by atoms with Gasteiger partial charge in [0, 0.05) is 39.3 Å². The summed E-state index contributed by atoms with van der Waals surface area (Å²) in [4.78, 5) is 9.13. The normalized spacial score (nSPS) is 17.0. The SMILES string of the molecule is NCCN1CCN(c2nnc3ccccc3n2)CC1. The Bertz CT molecular complexity index is 550. The van der Waals surface area contributed by atoms with Crippen molar-refractivity contribution < 1.29 is 0 Å². The Morgan fingerprint density at radius 2 is 1.74 bits per heavy atom. The van der Waals surface area contributed by atoms with E-state index >= 15 is 0 Å². The van der Waals surface area contributed by atoms with Gasteiger partial charge in [-0.2, -0.15) is 0 Å². The average molecular weight is 258 g/mol. The molecule has 1 fully saturated rings. The van der Waals surface area contributed by atoms with Crippen LogP contribution in [0.1, 0.15) is 0 Å². The van der Waals surface area contributed by atoms with Gasteiger partial charge in [0.05, 0.1) is 5.52 Å². The van der Waals surface area contributed by atoms with Crippen LogP contribution >= 0.6 is 0 Å². The number of rotatable bonds is 3. The van der Waals surface area contributed by atoms with Crippen molar-refractivity contribution in [2.24, 2.45) is 5.73 Å². The van der Waals surface area contributed by atoms with Crippen LogP contribution in [0.4, 0.5) is 5.95 Å². The van der Waals surface area contributed by atoms with E-state index in [9.17, 15) is 0 Å². The largest absolute Gasteiger partial charge is 0.337 e. The summed E-state index contributed by atoms with van der Waals surface area (Å²) < 4.78 is 0. The number of hydrogen-bond acceptors (Lipinski definition) is 6. The molecule has 0 atom stereocenters. The maximum absolute atomic E-state index is 5.58. The summed E-state index contributed by atoms with van der Waals surface area (Å²) >= 11 is 0. The molecule has 0 spiro atoms. The van der Waals surface area contributed by atoms with E-state index < -0.39 is 0 Å². The van der Waals surface area contributed by atoms with E-state index in [1.807, 2.05) is 24.3 Å². The monoisotopic (exact) mass is 258 g/mol. The maximum Gasteiger partial charge on any atom is 0.246 e. The number of nitrogens with two attached hydrogens (primary N) is 1. The Morgan fingerprint density at radius 1 is 1.00 bits per heavy atom. The van der Waals surface area contributed by atoms with Gasteiger partial charge in [0.25, 0.3) is 0 Å². The standard InChI is InChI=1S/C13H18N6/c14-5-6-18-7-9-19(10-8-18)13-15-11-3-1-2-4-12(11)16-17-13/h1-4H,5-10,14H2. The quantitative estimate of drug-likeness (QED) is 0.842. The van der Waals surface area contributed by atoms with Crippen molar-refractivity contribution in [2.45, 2.75) is 0 Å². The van der Waals surface area contributed by atoms with Gasteiger partial charge in [-0.3, -0.25) is 4.90 Å². The lowest BCUT2D eigenvalue weighted by atomic mass is 10.3. The van der Waals surface area contributed by atoms with Crippen LogP contribution in [0.2, 0.25) is 0 Å². The predicted octanol–water partition coefficient (Wildman–Crippen LogP) is 0.105. The molecule has 6 nitrogen and oxygen atoms in total. The average Bonchev–Trinajstić information content (AvgIpc) is 2.48. The predicted molar refractivity (Wildman–Crippen MR) is 75.0 cm³/mol. The van der Waals surface area contributed by atoms with Crippen LogP contribution in [-0.2, 0) is 0 Å². The number of fused-ring (bicyclic) bond motifs is 1. The summed E-state index contributed by atoms with van der Waals surface area (Å²) in [5, 5.41) is 8.45. The van der Waals surface area contributed by atoms with Crippen LogP contribution in [0.5, 0.6) is 0 Å². The smallest absolute Gasteiger partial charge is 0.246 e. The number of benzene rings is 1. The second-order valence-corrected chi connectivity index (χ2v) is 4.72. The molecule has 2 heterocycles. The minimum absolute atomic E-state index is 0.716. The number of hydrogen-bond donors (Lipinski definition) is 1. The van der Waals surface area contributed by atoms with E-state index in [-0.39, 0.29) is 0 Å².